The van der Waals surface area contributed by atoms with Crippen molar-refractivity contribution in [3.63, 3.8) is 0 Å². The van der Waals surface area contributed by atoms with E-state index in [0.717, 1.165) is 0 Å². The van der Waals surface area contributed by atoms with Crippen molar-refractivity contribution in [2.24, 2.45) is 0 Å². The number of nitrogens with zero attached hydrogens (tertiary/aromatic N) is 1. The molecule has 0 spiro atoms. The lowest BCUT2D eigenvalue weighted by atomic mass is 10.1. The van der Waals surface area contributed by atoms with Crippen LogP contribution in [0.3, 0.4) is 0 Å². The Kier molecular flexibility index (Phi) is 7.84. The van der Waals surface area contributed by atoms with Gasteiger partial charge in [0.15, 0.2) is 0 Å². The Hall–Kier alpha value is -5.02. The number of rotatable bonds is 8. The van der Waals surface area contributed by atoms with E-state index in [1.165, 1.54) is 40.9 Å². The molecule has 0 aliphatic carbocycles. The second-order valence-corrected chi connectivity index (χ2v) is 9.76. The molecule has 5 rings (SSSR count). The van der Waals surface area contributed by atoms with Crippen LogP contribution in [0.2, 0.25) is 0 Å². The lowest BCUT2D eigenvalue weighted by molar-refractivity contribution is -0.113. The number of amides is 4. The van der Waals surface area contributed by atoms with Crippen LogP contribution in [0.5, 0.6) is 0 Å². The highest BCUT2D eigenvalue weighted by Gasteiger charge is 2.34. The molecule has 4 aromatic carbocycles. The first kappa shape index (κ1) is 26.6. The zero-order valence-corrected chi connectivity index (χ0v) is 21.8. The van der Waals surface area contributed by atoms with E-state index in [9.17, 15) is 23.6 Å². The molecule has 198 valence electrons. The second-order valence-electron chi connectivity index (χ2n) is 8.74. The standard InChI is InChI=1S/C31H22FN3O4S/c32-26-16-7-4-11-21(26)17-27(34-28(36)20-9-2-1-3-10-20)29(37)33-22-12-8-13-23(18-22)40-19-35-30(38)24-14-5-6-15-25(24)31(35)39/h1-18H,19H2,(H,33,37)(H,34,36)/b27-17+. The highest BCUT2D eigenvalue weighted by molar-refractivity contribution is 7.99. The summed E-state index contributed by atoms with van der Waals surface area (Å²) < 4.78 is 14.4. The van der Waals surface area contributed by atoms with Crippen LogP contribution in [0.4, 0.5) is 10.1 Å². The third kappa shape index (κ3) is 5.84. The molecular weight excluding hydrogens is 529 g/mol. The smallest absolute Gasteiger partial charge is 0.272 e. The molecule has 0 unspecified atom stereocenters. The number of carbonyl (C=O) groups is 4. The predicted molar refractivity (Wildman–Crippen MR) is 151 cm³/mol. The second kappa shape index (κ2) is 11.8. The molecule has 0 saturated carbocycles. The van der Waals surface area contributed by atoms with Crippen LogP contribution in [0.25, 0.3) is 6.08 Å². The average Bonchev–Trinajstić information content (AvgIpc) is 3.22. The van der Waals surface area contributed by atoms with Gasteiger partial charge in [0.1, 0.15) is 11.5 Å². The summed E-state index contributed by atoms with van der Waals surface area (Å²) in [5, 5.41) is 5.31. The number of benzene rings is 4. The summed E-state index contributed by atoms with van der Waals surface area (Å²) >= 11 is 1.26. The summed E-state index contributed by atoms with van der Waals surface area (Å²) in [7, 11) is 0. The number of thioether (sulfide) groups is 1. The Morgan fingerprint density at radius 2 is 1.45 bits per heavy atom. The molecule has 4 amide bonds. The van der Waals surface area contributed by atoms with Gasteiger partial charge < -0.3 is 10.6 Å². The van der Waals surface area contributed by atoms with Crippen molar-refractivity contribution >= 4 is 47.2 Å². The molecule has 1 heterocycles. The first-order valence-corrected chi connectivity index (χ1v) is 13.2. The van der Waals surface area contributed by atoms with Crippen LogP contribution in [0.15, 0.2) is 114 Å². The fourth-order valence-corrected chi connectivity index (χ4v) is 4.95. The fourth-order valence-electron chi connectivity index (χ4n) is 4.05. The lowest BCUT2D eigenvalue weighted by Crippen LogP contribution is -2.30. The number of fused-ring (bicyclic) bond motifs is 1. The Labute approximate surface area is 233 Å². The molecule has 2 N–H and O–H groups in total. The van der Waals surface area contributed by atoms with E-state index in [0.29, 0.717) is 27.3 Å². The van der Waals surface area contributed by atoms with Gasteiger partial charge in [-0.25, -0.2) is 4.39 Å². The highest BCUT2D eigenvalue weighted by atomic mass is 32.2. The monoisotopic (exact) mass is 551 g/mol. The van der Waals surface area contributed by atoms with Crippen molar-refractivity contribution in [3.8, 4) is 0 Å². The minimum Gasteiger partial charge on any atom is -0.321 e. The summed E-state index contributed by atoms with van der Waals surface area (Å²) in [4.78, 5) is 53.2. The van der Waals surface area contributed by atoms with Crippen molar-refractivity contribution in [1.29, 1.82) is 0 Å². The molecule has 0 saturated heterocycles. The van der Waals surface area contributed by atoms with E-state index in [-0.39, 0.29) is 29.0 Å². The van der Waals surface area contributed by atoms with Gasteiger partial charge >= 0.3 is 0 Å². The van der Waals surface area contributed by atoms with Gasteiger partial charge in [-0.3, -0.25) is 24.1 Å². The summed E-state index contributed by atoms with van der Waals surface area (Å²) in [6.07, 6.45) is 1.27. The van der Waals surface area contributed by atoms with Gasteiger partial charge in [0.25, 0.3) is 23.6 Å². The quantitative estimate of drug-likeness (QED) is 0.169. The van der Waals surface area contributed by atoms with E-state index in [1.807, 2.05) is 0 Å². The molecule has 0 atom stereocenters. The molecular formula is C31H22FN3O4S. The maximum Gasteiger partial charge on any atom is 0.272 e. The van der Waals surface area contributed by atoms with Gasteiger partial charge in [0.2, 0.25) is 0 Å². The van der Waals surface area contributed by atoms with E-state index in [1.54, 1.807) is 84.9 Å². The van der Waals surface area contributed by atoms with E-state index in [4.69, 9.17) is 0 Å². The minimum absolute atomic E-state index is 0.0926. The highest BCUT2D eigenvalue weighted by Crippen LogP contribution is 2.28. The summed E-state index contributed by atoms with van der Waals surface area (Å²) in [6, 6.07) is 27.8. The Morgan fingerprint density at radius 1 is 0.800 bits per heavy atom. The predicted octanol–water partition coefficient (Wildman–Crippen LogP) is 5.58. The topological polar surface area (TPSA) is 95.6 Å². The maximum atomic E-state index is 14.4. The van der Waals surface area contributed by atoms with E-state index < -0.39 is 17.6 Å². The number of carbonyl (C=O) groups excluding carboxylic acids is 4. The molecule has 1 aliphatic heterocycles. The molecule has 7 nitrogen and oxygen atoms in total. The van der Waals surface area contributed by atoms with Gasteiger partial charge in [-0.05, 0) is 54.6 Å². The lowest BCUT2D eigenvalue weighted by Gasteiger charge is -2.14. The third-order valence-electron chi connectivity index (χ3n) is 6.06. The van der Waals surface area contributed by atoms with Crippen molar-refractivity contribution in [3.05, 3.63) is 137 Å². The molecule has 0 radical (unpaired) electrons. The molecule has 0 bridgehead atoms. The average molecular weight is 552 g/mol. The number of imide groups is 1. The SMILES string of the molecule is O=C(Nc1cccc(SCN2C(=O)c3ccccc3C2=O)c1)/C(=C\c1ccccc1F)NC(=O)c1ccccc1. The number of anilines is 1. The molecule has 4 aromatic rings. The van der Waals surface area contributed by atoms with Gasteiger partial charge in [0, 0.05) is 21.7 Å². The molecule has 0 aromatic heterocycles. The Bertz CT molecular complexity index is 1620. The summed E-state index contributed by atoms with van der Waals surface area (Å²) in [5.74, 6) is -2.34. The molecule has 0 fully saturated rings. The zero-order chi connectivity index (χ0) is 28.1. The minimum atomic E-state index is -0.657. The van der Waals surface area contributed by atoms with Gasteiger partial charge in [-0.2, -0.15) is 0 Å². The van der Waals surface area contributed by atoms with Crippen LogP contribution in [0.1, 0.15) is 36.6 Å². The van der Waals surface area contributed by atoms with Gasteiger partial charge in [-0.1, -0.05) is 54.6 Å². The maximum absolute atomic E-state index is 14.4. The van der Waals surface area contributed by atoms with E-state index in [2.05, 4.69) is 10.6 Å². The van der Waals surface area contributed by atoms with Crippen LogP contribution in [-0.2, 0) is 4.79 Å². The number of halogens is 1. The largest absolute Gasteiger partial charge is 0.321 e. The molecule has 1 aliphatic rings. The van der Waals surface area contributed by atoms with Crippen molar-refractivity contribution in [2.75, 3.05) is 11.2 Å². The van der Waals surface area contributed by atoms with Crippen molar-refractivity contribution in [2.45, 2.75) is 4.90 Å². The number of hydrogen-bond acceptors (Lipinski definition) is 5. The van der Waals surface area contributed by atoms with E-state index >= 15 is 0 Å². The number of hydrogen-bond donors (Lipinski definition) is 2. The molecule has 9 heteroatoms. The summed E-state index contributed by atoms with van der Waals surface area (Å²) in [5.41, 5.74) is 1.48. The third-order valence-corrected chi connectivity index (χ3v) is 7.04. The fraction of sp³-hybridized carbons (Fsp3) is 0.0323. The Balaban J connectivity index is 1.31. The van der Waals surface area contributed by atoms with Crippen LogP contribution >= 0.6 is 11.8 Å². The van der Waals surface area contributed by atoms with Crippen LogP contribution in [0, 0.1) is 5.82 Å². The molecule has 40 heavy (non-hydrogen) atoms. The van der Waals surface area contributed by atoms with Gasteiger partial charge in [-0.15, -0.1) is 11.8 Å². The first-order chi connectivity index (χ1) is 19.4. The van der Waals surface area contributed by atoms with Crippen LogP contribution in [-0.4, -0.2) is 34.4 Å². The van der Waals surface area contributed by atoms with Crippen molar-refractivity contribution in [1.82, 2.24) is 10.2 Å². The normalized spacial score (nSPS) is 12.7. The van der Waals surface area contributed by atoms with Crippen molar-refractivity contribution < 1.29 is 23.6 Å². The first-order valence-electron chi connectivity index (χ1n) is 12.2. The zero-order valence-electron chi connectivity index (χ0n) is 21.0. The van der Waals surface area contributed by atoms with Gasteiger partial charge in [0.05, 0.1) is 17.0 Å². The summed E-state index contributed by atoms with van der Waals surface area (Å²) in [6.45, 7) is 0. The van der Waals surface area contributed by atoms with Crippen LogP contribution < -0.4 is 10.6 Å². The Morgan fingerprint density at radius 3 is 2.15 bits per heavy atom. The number of nitrogens with one attached hydrogen (secondary N) is 2.